The third-order valence-electron chi connectivity index (χ3n) is 7.14. The molecule has 0 unspecified atom stereocenters. The van der Waals surface area contributed by atoms with Gasteiger partial charge in [-0.2, -0.15) is 0 Å². The Kier molecular flexibility index (Phi) is 6.22. The third-order valence-corrected chi connectivity index (χ3v) is 7.14. The minimum Gasteiger partial charge on any atom is -0.0703 e. The van der Waals surface area contributed by atoms with E-state index in [-0.39, 0.29) is 21.7 Å². The SMILES string of the molecule is CC1(C)CCCCC(C)(C)C1=CC#CC=C1C(C)(C)CCCCC1(C)C. The number of rotatable bonds is 0. The maximum absolute atomic E-state index is 3.45. The van der Waals surface area contributed by atoms with Crippen LogP contribution < -0.4 is 0 Å². The maximum atomic E-state index is 3.45. The summed E-state index contributed by atoms with van der Waals surface area (Å²) < 4.78 is 0. The highest BCUT2D eigenvalue weighted by Crippen LogP contribution is 2.49. The molecule has 0 radical (unpaired) electrons. The van der Waals surface area contributed by atoms with E-state index < -0.39 is 0 Å². The Labute approximate surface area is 163 Å². The molecule has 0 amide bonds. The molecular weight excluding hydrogens is 312 g/mol. The van der Waals surface area contributed by atoms with Crippen molar-refractivity contribution in [1.29, 1.82) is 0 Å². The van der Waals surface area contributed by atoms with Crippen LogP contribution in [-0.2, 0) is 0 Å². The molecule has 2 aliphatic rings. The maximum Gasteiger partial charge on any atom is -0.0113 e. The van der Waals surface area contributed by atoms with Crippen molar-refractivity contribution in [2.45, 2.75) is 107 Å². The topological polar surface area (TPSA) is 0 Å². The second kappa shape index (κ2) is 7.58. The van der Waals surface area contributed by atoms with Crippen LogP contribution in [0.4, 0.5) is 0 Å². The summed E-state index contributed by atoms with van der Waals surface area (Å²) in [4.78, 5) is 0. The first-order chi connectivity index (χ1) is 11.9. The monoisotopic (exact) mass is 354 g/mol. The fourth-order valence-corrected chi connectivity index (χ4v) is 5.65. The number of allylic oxidation sites excluding steroid dienone is 4. The van der Waals surface area contributed by atoms with Gasteiger partial charge in [-0.25, -0.2) is 0 Å². The first kappa shape index (κ1) is 21.3. The van der Waals surface area contributed by atoms with Crippen LogP contribution >= 0.6 is 0 Å². The van der Waals surface area contributed by atoms with Crippen molar-refractivity contribution in [1.82, 2.24) is 0 Å². The molecule has 26 heavy (non-hydrogen) atoms. The van der Waals surface area contributed by atoms with Gasteiger partial charge in [0.15, 0.2) is 0 Å². The molecule has 0 nitrogen and oxygen atoms in total. The van der Waals surface area contributed by atoms with Crippen LogP contribution in [0.5, 0.6) is 0 Å². The second-order valence-electron chi connectivity index (χ2n) is 11.4. The lowest BCUT2D eigenvalue weighted by atomic mass is 9.68. The Morgan fingerprint density at radius 1 is 0.500 bits per heavy atom. The van der Waals surface area contributed by atoms with Crippen molar-refractivity contribution >= 4 is 0 Å². The minimum atomic E-state index is 0.267. The Morgan fingerprint density at radius 2 is 0.731 bits per heavy atom. The van der Waals surface area contributed by atoms with Crippen molar-refractivity contribution in [2.75, 3.05) is 0 Å². The molecule has 2 saturated carbocycles. The summed E-state index contributed by atoms with van der Waals surface area (Å²) in [6.45, 7) is 19.3. The Morgan fingerprint density at radius 3 is 0.962 bits per heavy atom. The van der Waals surface area contributed by atoms with Gasteiger partial charge in [0.1, 0.15) is 0 Å². The van der Waals surface area contributed by atoms with Crippen molar-refractivity contribution in [2.24, 2.45) is 21.7 Å². The van der Waals surface area contributed by atoms with Crippen LogP contribution in [0.3, 0.4) is 0 Å². The van der Waals surface area contributed by atoms with E-state index in [2.05, 4.69) is 79.4 Å². The zero-order chi connectivity index (χ0) is 19.6. The van der Waals surface area contributed by atoms with Crippen LogP contribution in [0.2, 0.25) is 0 Å². The molecule has 0 spiro atoms. The molecule has 0 N–H and O–H groups in total. The molecule has 0 aliphatic heterocycles. The summed E-state index contributed by atoms with van der Waals surface area (Å²) in [5.41, 5.74) is 4.16. The molecule has 0 aromatic rings. The van der Waals surface area contributed by atoms with Gasteiger partial charge in [0, 0.05) is 0 Å². The summed E-state index contributed by atoms with van der Waals surface area (Å²) in [6, 6.07) is 0. The lowest BCUT2D eigenvalue weighted by Gasteiger charge is -2.36. The van der Waals surface area contributed by atoms with Crippen LogP contribution in [-0.4, -0.2) is 0 Å². The quantitative estimate of drug-likeness (QED) is 0.304. The van der Waals surface area contributed by atoms with Gasteiger partial charge in [-0.15, -0.1) is 0 Å². The molecule has 2 fully saturated rings. The average Bonchev–Trinajstić information content (AvgIpc) is 2.66. The largest absolute Gasteiger partial charge is 0.0703 e. The van der Waals surface area contributed by atoms with Crippen molar-refractivity contribution in [3.05, 3.63) is 23.3 Å². The fourth-order valence-electron chi connectivity index (χ4n) is 5.65. The van der Waals surface area contributed by atoms with Gasteiger partial charge in [-0.05, 0) is 59.5 Å². The number of hydrogen-bond acceptors (Lipinski definition) is 0. The van der Waals surface area contributed by atoms with E-state index in [1.54, 1.807) is 11.1 Å². The summed E-state index contributed by atoms with van der Waals surface area (Å²) in [5, 5.41) is 0. The molecule has 2 rings (SSSR count). The van der Waals surface area contributed by atoms with E-state index in [4.69, 9.17) is 0 Å². The minimum absolute atomic E-state index is 0.267. The summed E-state index contributed by atoms with van der Waals surface area (Å²) >= 11 is 0. The van der Waals surface area contributed by atoms with E-state index in [0.29, 0.717) is 0 Å². The van der Waals surface area contributed by atoms with Crippen molar-refractivity contribution in [3.8, 4) is 11.8 Å². The lowest BCUT2D eigenvalue weighted by Crippen LogP contribution is -2.25. The van der Waals surface area contributed by atoms with Gasteiger partial charge in [0.05, 0.1) is 0 Å². The van der Waals surface area contributed by atoms with Gasteiger partial charge in [-0.3, -0.25) is 0 Å². The first-order valence-electron chi connectivity index (χ1n) is 10.8. The van der Waals surface area contributed by atoms with Gasteiger partial charge >= 0.3 is 0 Å². The van der Waals surface area contributed by atoms with Crippen LogP contribution in [0.1, 0.15) is 107 Å². The molecular formula is C26H42. The van der Waals surface area contributed by atoms with Crippen molar-refractivity contribution in [3.63, 3.8) is 0 Å². The van der Waals surface area contributed by atoms with Gasteiger partial charge < -0.3 is 0 Å². The van der Waals surface area contributed by atoms with E-state index in [0.717, 1.165) is 0 Å². The van der Waals surface area contributed by atoms with E-state index in [1.807, 2.05) is 0 Å². The third kappa shape index (κ3) is 4.85. The standard InChI is InChI=1S/C26H42/c1-23(2)17-11-12-18-24(3,4)21(23)15-9-10-16-22-25(5,6)19-13-14-20-26(22,7)8/h15-16H,11-14,17-20H2,1-8H3. The molecule has 0 aromatic carbocycles. The number of hydrogen-bond donors (Lipinski definition) is 0. The van der Waals surface area contributed by atoms with Gasteiger partial charge in [-0.1, -0.05) is 104 Å². The highest BCUT2D eigenvalue weighted by molar-refractivity contribution is 5.36. The van der Waals surface area contributed by atoms with Crippen LogP contribution in [0.15, 0.2) is 23.3 Å². The first-order valence-corrected chi connectivity index (χ1v) is 10.8. The molecule has 0 bridgehead atoms. The zero-order valence-corrected chi connectivity index (χ0v) is 18.8. The molecule has 0 atom stereocenters. The van der Waals surface area contributed by atoms with Crippen LogP contribution in [0, 0.1) is 33.5 Å². The Balaban J connectivity index is 2.37. The molecule has 0 heterocycles. The highest BCUT2D eigenvalue weighted by atomic mass is 14.4. The summed E-state index contributed by atoms with van der Waals surface area (Å²) in [6.07, 6.45) is 15.0. The van der Waals surface area contributed by atoms with E-state index in [1.165, 1.54) is 51.4 Å². The van der Waals surface area contributed by atoms with Gasteiger partial charge in [0.2, 0.25) is 0 Å². The summed E-state index contributed by atoms with van der Waals surface area (Å²) in [7, 11) is 0. The molecule has 0 saturated heterocycles. The average molecular weight is 355 g/mol. The Bertz CT molecular complexity index is 529. The van der Waals surface area contributed by atoms with Crippen LogP contribution in [0.25, 0.3) is 0 Å². The predicted molar refractivity (Wildman–Crippen MR) is 116 cm³/mol. The molecule has 0 aromatic heterocycles. The van der Waals surface area contributed by atoms with E-state index >= 15 is 0 Å². The van der Waals surface area contributed by atoms with Gasteiger partial charge in [0.25, 0.3) is 0 Å². The second-order valence-corrected chi connectivity index (χ2v) is 11.4. The van der Waals surface area contributed by atoms with Crippen molar-refractivity contribution < 1.29 is 0 Å². The molecule has 0 heteroatoms. The fraction of sp³-hybridized carbons (Fsp3) is 0.769. The molecule has 146 valence electrons. The summed E-state index contributed by atoms with van der Waals surface area (Å²) in [5.74, 6) is 6.90. The predicted octanol–water partition coefficient (Wildman–Crippen LogP) is 8.10. The lowest BCUT2D eigenvalue weighted by molar-refractivity contribution is 0.321. The highest BCUT2D eigenvalue weighted by Gasteiger charge is 2.37. The zero-order valence-electron chi connectivity index (χ0n) is 18.8. The Hall–Kier alpha value is -0.960. The normalized spacial score (nSPS) is 26.8. The smallest absolute Gasteiger partial charge is 0.0113 e. The van der Waals surface area contributed by atoms with E-state index in [9.17, 15) is 0 Å². The molecule has 2 aliphatic carbocycles.